The van der Waals surface area contributed by atoms with E-state index in [9.17, 15) is 27.6 Å². The van der Waals surface area contributed by atoms with Gasteiger partial charge in [-0.15, -0.1) is 0 Å². The number of ether oxygens (including phenoxy) is 3. The van der Waals surface area contributed by atoms with Gasteiger partial charge in [-0.2, -0.15) is 13.2 Å². The number of piperidine rings is 1. The van der Waals surface area contributed by atoms with Crippen LogP contribution >= 0.6 is 0 Å². The number of hydrogen-bond acceptors (Lipinski definition) is 11. The molecule has 1 saturated heterocycles. The van der Waals surface area contributed by atoms with E-state index in [2.05, 4.69) is 31.5 Å². The first kappa shape index (κ1) is 49.1. The zero-order valence-electron chi connectivity index (χ0n) is 37.4. The number of carboxylic acids is 1. The lowest BCUT2D eigenvalue weighted by Crippen LogP contribution is -2.34. The fourth-order valence-corrected chi connectivity index (χ4v) is 7.71. The Balaban J connectivity index is 0.962. The van der Waals surface area contributed by atoms with E-state index in [-0.39, 0.29) is 31.4 Å². The fourth-order valence-electron chi connectivity index (χ4n) is 7.71. The number of amides is 2. The summed E-state index contributed by atoms with van der Waals surface area (Å²) in [5, 5.41) is 15.4. The van der Waals surface area contributed by atoms with Crippen molar-refractivity contribution in [3.63, 3.8) is 0 Å². The van der Waals surface area contributed by atoms with Gasteiger partial charge in [0.2, 0.25) is 0 Å². The minimum atomic E-state index is -4.45. The number of carboxylic acid groups (broad SMARTS) is 1. The molecule has 2 aromatic heterocycles. The third-order valence-electron chi connectivity index (χ3n) is 11.1. The smallest absolute Gasteiger partial charge is 0.416 e. The number of aliphatic carboxylic acids is 1. The molecular weight excluding hydrogens is 884 g/mol. The lowest BCUT2D eigenvalue weighted by atomic mass is 10.0. The van der Waals surface area contributed by atoms with Crippen molar-refractivity contribution >= 4 is 40.1 Å². The van der Waals surface area contributed by atoms with Gasteiger partial charge in [-0.25, -0.2) is 5.43 Å². The summed E-state index contributed by atoms with van der Waals surface area (Å²) < 4.78 is 57.8. The maximum Gasteiger partial charge on any atom is 0.416 e. The number of aromatic nitrogens is 2. The molecule has 0 atom stereocenters. The Bertz CT molecular complexity index is 2640. The van der Waals surface area contributed by atoms with Crippen LogP contribution in [-0.4, -0.2) is 91.7 Å². The normalized spacial score (nSPS) is 12.8. The predicted octanol–water partition coefficient (Wildman–Crippen LogP) is 7.86. The predicted molar refractivity (Wildman–Crippen MR) is 250 cm³/mol. The van der Waals surface area contributed by atoms with Gasteiger partial charge < -0.3 is 44.3 Å². The Morgan fingerprint density at radius 2 is 1.50 bits per heavy atom. The third-order valence-corrected chi connectivity index (χ3v) is 11.1. The zero-order valence-corrected chi connectivity index (χ0v) is 37.4. The number of nitrogens with zero attached hydrogens (tertiary/aromatic N) is 3. The molecule has 68 heavy (non-hydrogen) atoms. The fraction of sp³-hybridized carbons (Fsp3) is 0.320. The number of nitrogens with one attached hydrogen (secondary N) is 4. The second-order valence-electron chi connectivity index (χ2n) is 16.0. The van der Waals surface area contributed by atoms with Gasteiger partial charge in [0.1, 0.15) is 0 Å². The van der Waals surface area contributed by atoms with Gasteiger partial charge in [-0.05, 0) is 85.0 Å². The molecule has 1 fully saturated rings. The monoisotopic (exact) mass is 937 g/mol. The van der Waals surface area contributed by atoms with E-state index >= 15 is 0 Å². The van der Waals surface area contributed by atoms with Crippen LogP contribution in [0.3, 0.4) is 0 Å². The number of carbonyl (C=O) groups excluding carboxylic acids is 2. The number of benzene rings is 4. The van der Waals surface area contributed by atoms with Gasteiger partial charge in [0.05, 0.1) is 63.0 Å². The number of pyridine rings is 1. The van der Waals surface area contributed by atoms with E-state index in [0.29, 0.717) is 85.5 Å². The number of halogens is 3. The molecular formula is C50H54F3N7O8. The summed E-state index contributed by atoms with van der Waals surface area (Å²) in [6.45, 7) is 4.36. The molecule has 2 amide bonds. The highest BCUT2D eigenvalue weighted by Gasteiger charge is 2.30. The SMILES string of the molecule is O=C(O)CCOCCOCCOCCNC(=O)c1cccc2c1ccn2Cc1cccc(C(=O)Nc2ccc(N3CCCCC3)cc2-c2cc(ONNCc3cccc(C(F)(F)F)c3)ccn2)c1. The minimum absolute atomic E-state index is 0.0516. The van der Waals surface area contributed by atoms with Gasteiger partial charge in [-0.3, -0.25) is 19.4 Å². The summed E-state index contributed by atoms with van der Waals surface area (Å²) in [5.74, 6) is -1.08. The lowest BCUT2D eigenvalue weighted by molar-refractivity contribution is -0.139. The Hall–Kier alpha value is -6.83. The van der Waals surface area contributed by atoms with E-state index in [1.165, 1.54) is 12.5 Å². The van der Waals surface area contributed by atoms with Crippen LogP contribution < -0.4 is 31.4 Å². The number of carbonyl (C=O) groups is 3. The van der Waals surface area contributed by atoms with E-state index < -0.39 is 17.7 Å². The average Bonchev–Trinajstić information content (AvgIpc) is 3.76. The molecule has 0 saturated carbocycles. The van der Waals surface area contributed by atoms with Crippen LogP contribution in [0.1, 0.15) is 63.1 Å². The molecule has 0 bridgehead atoms. The van der Waals surface area contributed by atoms with Gasteiger partial charge >= 0.3 is 12.1 Å². The van der Waals surface area contributed by atoms with Crippen molar-refractivity contribution < 1.29 is 51.7 Å². The van der Waals surface area contributed by atoms with Crippen LogP contribution in [0.2, 0.25) is 0 Å². The van der Waals surface area contributed by atoms with Crippen molar-refractivity contribution in [2.75, 3.05) is 69.5 Å². The number of alkyl halides is 3. The Morgan fingerprint density at radius 3 is 2.29 bits per heavy atom. The first-order valence-electron chi connectivity index (χ1n) is 22.4. The second kappa shape index (κ2) is 24.3. The lowest BCUT2D eigenvalue weighted by Gasteiger charge is -2.29. The first-order valence-corrected chi connectivity index (χ1v) is 22.4. The molecule has 4 aromatic carbocycles. The van der Waals surface area contributed by atoms with Crippen LogP contribution in [0.4, 0.5) is 24.5 Å². The standard InChI is InChI=1S/C50H54F3N7O8/c51-50(52,53)38-10-5-7-35(30-38)33-56-58-68-40-15-18-54-45(32-40)43-31-39(59-20-2-1-3-21-59)13-14-44(43)57-48(63)37-9-4-8-36(29-37)34-60-22-16-41-42(11-6-12-46(41)60)49(64)55-19-24-66-26-28-67-27-25-65-23-17-47(61)62/h4-16,18,22,29-32,56,58H,1-3,17,19-21,23-28,33-34H2,(H,55,64)(H,57,63)(H,61,62). The first-order chi connectivity index (χ1) is 33.0. The number of fused-ring (bicyclic) bond motifs is 1. The van der Waals surface area contributed by atoms with Crippen molar-refractivity contribution in [3.05, 3.63) is 143 Å². The van der Waals surface area contributed by atoms with Crippen LogP contribution in [0, 0.1) is 0 Å². The van der Waals surface area contributed by atoms with E-state index in [4.69, 9.17) is 24.2 Å². The van der Waals surface area contributed by atoms with Crippen molar-refractivity contribution in [3.8, 4) is 17.0 Å². The third kappa shape index (κ3) is 14.1. The van der Waals surface area contributed by atoms with Crippen molar-refractivity contribution in [1.29, 1.82) is 0 Å². The van der Waals surface area contributed by atoms with Crippen molar-refractivity contribution in [2.24, 2.45) is 0 Å². The molecule has 0 spiro atoms. The maximum atomic E-state index is 14.0. The van der Waals surface area contributed by atoms with Crippen LogP contribution in [0.15, 0.2) is 116 Å². The summed E-state index contributed by atoms with van der Waals surface area (Å²) in [6.07, 6.45) is 2.32. The van der Waals surface area contributed by atoms with Crippen molar-refractivity contribution in [2.45, 2.75) is 44.9 Å². The van der Waals surface area contributed by atoms with E-state index in [1.54, 1.807) is 36.5 Å². The molecule has 1 aliphatic heterocycles. The number of hydrazine groups is 1. The molecule has 0 aliphatic carbocycles. The molecule has 6 aromatic rings. The van der Waals surface area contributed by atoms with Gasteiger partial charge in [0.25, 0.3) is 11.8 Å². The number of anilines is 2. The summed E-state index contributed by atoms with van der Waals surface area (Å²) >= 11 is 0. The zero-order chi connectivity index (χ0) is 47.7. The highest BCUT2D eigenvalue weighted by atomic mass is 19.4. The Kier molecular flexibility index (Phi) is 17.5. The molecule has 0 unspecified atom stereocenters. The largest absolute Gasteiger partial charge is 0.481 e. The van der Waals surface area contributed by atoms with E-state index in [1.807, 2.05) is 65.4 Å². The van der Waals surface area contributed by atoms with Crippen LogP contribution in [0.5, 0.6) is 5.75 Å². The van der Waals surface area contributed by atoms with Gasteiger partial charge in [0, 0.05) is 90.5 Å². The van der Waals surface area contributed by atoms with E-state index in [0.717, 1.165) is 60.2 Å². The summed E-state index contributed by atoms with van der Waals surface area (Å²) in [6, 6.07) is 29.1. The Morgan fingerprint density at radius 1 is 0.750 bits per heavy atom. The highest BCUT2D eigenvalue weighted by molar-refractivity contribution is 6.07. The quantitative estimate of drug-likeness (QED) is 0.0294. The number of rotatable bonds is 24. The summed E-state index contributed by atoms with van der Waals surface area (Å²) in [4.78, 5) is 50.4. The second-order valence-corrected chi connectivity index (χ2v) is 16.0. The molecule has 0 radical (unpaired) electrons. The molecule has 15 nitrogen and oxygen atoms in total. The molecule has 358 valence electrons. The average molecular weight is 938 g/mol. The Labute approximate surface area is 391 Å². The summed E-state index contributed by atoms with van der Waals surface area (Å²) in [5.41, 5.74) is 10.5. The molecule has 5 N–H and O–H groups in total. The molecule has 7 rings (SSSR count). The minimum Gasteiger partial charge on any atom is -0.481 e. The topological polar surface area (TPSA) is 178 Å². The van der Waals surface area contributed by atoms with Gasteiger partial charge in [-0.1, -0.05) is 42.0 Å². The number of hydrogen-bond donors (Lipinski definition) is 5. The summed E-state index contributed by atoms with van der Waals surface area (Å²) in [7, 11) is 0. The maximum absolute atomic E-state index is 14.0. The van der Waals surface area contributed by atoms with Crippen LogP contribution in [-0.2, 0) is 38.3 Å². The van der Waals surface area contributed by atoms with Gasteiger partial charge in [0.15, 0.2) is 5.75 Å². The molecule has 18 heteroatoms. The van der Waals surface area contributed by atoms with Crippen LogP contribution in [0.25, 0.3) is 22.2 Å². The van der Waals surface area contributed by atoms with Crippen molar-refractivity contribution in [1.82, 2.24) is 25.9 Å². The molecule has 3 heterocycles. The highest BCUT2D eigenvalue weighted by Crippen LogP contribution is 2.34. The molecule has 1 aliphatic rings.